The summed E-state index contributed by atoms with van der Waals surface area (Å²) in [4.78, 5) is 21.4. The van der Waals surface area contributed by atoms with E-state index < -0.39 is 4.92 Å². The molecule has 1 aliphatic heterocycles. The Kier molecular flexibility index (Phi) is 7.21. The number of hydrogen-bond donors (Lipinski definition) is 2. The first-order valence-electron chi connectivity index (χ1n) is 8.80. The molecular weight excluding hydrogens is 407 g/mol. The number of anilines is 3. The molecule has 1 aromatic heterocycles. The predicted molar refractivity (Wildman–Crippen MR) is 109 cm³/mol. The summed E-state index contributed by atoms with van der Waals surface area (Å²) in [5.74, 6) is 0.197. The molecule has 0 atom stereocenters. The molecule has 11 heteroatoms. The maximum Gasteiger partial charge on any atom is 0.353 e. The van der Waals surface area contributed by atoms with Gasteiger partial charge in [0.2, 0.25) is 11.6 Å². The second-order valence-corrected chi connectivity index (χ2v) is 7.00. The van der Waals surface area contributed by atoms with E-state index in [9.17, 15) is 10.1 Å². The van der Waals surface area contributed by atoms with Crippen molar-refractivity contribution in [1.29, 1.82) is 0 Å². The monoisotopic (exact) mass is 426 g/mol. The minimum absolute atomic E-state index is 0.0415. The van der Waals surface area contributed by atoms with Crippen LogP contribution in [0.2, 0.25) is 10.0 Å². The highest BCUT2D eigenvalue weighted by atomic mass is 35.5. The Hall–Kier alpha value is -2.20. The summed E-state index contributed by atoms with van der Waals surface area (Å²) in [5.41, 5.74) is 0.180. The molecule has 0 unspecified atom stereocenters. The Morgan fingerprint density at radius 1 is 1.21 bits per heavy atom. The summed E-state index contributed by atoms with van der Waals surface area (Å²) in [6.45, 7) is 4.73. The van der Waals surface area contributed by atoms with Gasteiger partial charge in [-0.15, -0.1) is 0 Å². The molecule has 0 bridgehead atoms. The van der Waals surface area contributed by atoms with Crippen molar-refractivity contribution in [2.45, 2.75) is 6.42 Å². The van der Waals surface area contributed by atoms with Crippen LogP contribution in [0, 0.1) is 10.1 Å². The summed E-state index contributed by atoms with van der Waals surface area (Å²) in [7, 11) is 0. The molecule has 0 saturated carbocycles. The fraction of sp³-hybridized carbons (Fsp3) is 0.412. The van der Waals surface area contributed by atoms with Gasteiger partial charge in [-0.05, 0) is 31.2 Å². The zero-order valence-corrected chi connectivity index (χ0v) is 16.5. The lowest BCUT2D eigenvalue weighted by atomic mass is 10.3. The molecule has 0 radical (unpaired) electrons. The maximum absolute atomic E-state index is 11.6. The van der Waals surface area contributed by atoms with Crippen LogP contribution < -0.4 is 10.6 Å². The first-order chi connectivity index (χ1) is 13.5. The van der Waals surface area contributed by atoms with E-state index in [0.717, 1.165) is 39.3 Å². The van der Waals surface area contributed by atoms with Crippen molar-refractivity contribution in [3.63, 3.8) is 0 Å². The van der Waals surface area contributed by atoms with Crippen LogP contribution in [-0.4, -0.2) is 59.2 Å². The standard InChI is InChI=1S/C17H20Cl2N6O3/c18-12-2-3-13(19)14(10-12)23-17-15(25(26)27)16(21-11-22-17)20-4-1-5-24-6-8-28-9-7-24/h2-3,10-11H,1,4-9H2,(H2,20,21,22,23). The number of halogens is 2. The summed E-state index contributed by atoms with van der Waals surface area (Å²) in [6.07, 6.45) is 2.09. The maximum atomic E-state index is 11.6. The predicted octanol–water partition coefficient (Wildman–Crippen LogP) is 3.57. The molecule has 0 spiro atoms. The molecule has 0 amide bonds. The van der Waals surface area contributed by atoms with Crippen LogP contribution in [0.5, 0.6) is 0 Å². The molecule has 28 heavy (non-hydrogen) atoms. The molecule has 1 fully saturated rings. The molecule has 1 aromatic carbocycles. The molecule has 1 saturated heterocycles. The largest absolute Gasteiger partial charge is 0.379 e. The van der Waals surface area contributed by atoms with Crippen LogP contribution in [0.25, 0.3) is 0 Å². The first kappa shape index (κ1) is 20.5. The van der Waals surface area contributed by atoms with Crippen molar-refractivity contribution in [3.8, 4) is 0 Å². The lowest BCUT2D eigenvalue weighted by molar-refractivity contribution is -0.383. The minimum Gasteiger partial charge on any atom is -0.379 e. The highest BCUT2D eigenvalue weighted by Crippen LogP contribution is 2.34. The van der Waals surface area contributed by atoms with E-state index in [4.69, 9.17) is 27.9 Å². The van der Waals surface area contributed by atoms with Crippen LogP contribution in [0.4, 0.5) is 23.0 Å². The Balaban J connectivity index is 1.68. The van der Waals surface area contributed by atoms with E-state index in [0.29, 0.717) is 22.3 Å². The zero-order chi connectivity index (χ0) is 19.9. The van der Waals surface area contributed by atoms with Gasteiger partial charge in [0.05, 0.1) is 28.8 Å². The highest BCUT2D eigenvalue weighted by molar-refractivity contribution is 6.35. The molecule has 1 aliphatic rings. The van der Waals surface area contributed by atoms with Crippen molar-refractivity contribution in [3.05, 3.63) is 44.7 Å². The van der Waals surface area contributed by atoms with E-state index in [2.05, 4.69) is 25.5 Å². The van der Waals surface area contributed by atoms with Crippen molar-refractivity contribution < 1.29 is 9.66 Å². The van der Waals surface area contributed by atoms with Gasteiger partial charge in [-0.3, -0.25) is 15.0 Å². The van der Waals surface area contributed by atoms with Crippen molar-refractivity contribution >= 4 is 46.2 Å². The Morgan fingerprint density at radius 2 is 1.96 bits per heavy atom. The van der Waals surface area contributed by atoms with E-state index >= 15 is 0 Å². The van der Waals surface area contributed by atoms with Crippen molar-refractivity contribution in [2.24, 2.45) is 0 Å². The van der Waals surface area contributed by atoms with Crippen LogP contribution in [0.15, 0.2) is 24.5 Å². The molecule has 150 valence electrons. The second kappa shape index (κ2) is 9.83. The van der Waals surface area contributed by atoms with Gasteiger partial charge in [-0.2, -0.15) is 0 Å². The number of ether oxygens (including phenoxy) is 1. The number of benzene rings is 1. The van der Waals surface area contributed by atoms with E-state index in [-0.39, 0.29) is 17.3 Å². The Bertz CT molecular complexity index is 833. The lowest BCUT2D eigenvalue weighted by Gasteiger charge is -2.26. The van der Waals surface area contributed by atoms with Gasteiger partial charge in [0.15, 0.2) is 0 Å². The topological polar surface area (TPSA) is 105 Å². The number of nitrogens with zero attached hydrogens (tertiary/aromatic N) is 4. The number of nitro groups is 1. The number of rotatable bonds is 8. The van der Waals surface area contributed by atoms with Gasteiger partial charge in [0, 0.05) is 24.7 Å². The molecular formula is C17H20Cl2N6O3. The summed E-state index contributed by atoms with van der Waals surface area (Å²) in [6, 6.07) is 4.81. The molecule has 2 N–H and O–H groups in total. The van der Waals surface area contributed by atoms with Gasteiger partial charge in [-0.25, -0.2) is 9.97 Å². The molecule has 2 heterocycles. The highest BCUT2D eigenvalue weighted by Gasteiger charge is 2.23. The SMILES string of the molecule is O=[N+]([O-])c1c(NCCCN2CCOCC2)ncnc1Nc1cc(Cl)ccc1Cl. The van der Waals surface area contributed by atoms with Gasteiger partial charge < -0.3 is 15.4 Å². The summed E-state index contributed by atoms with van der Waals surface area (Å²) >= 11 is 12.1. The third kappa shape index (κ3) is 5.41. The van der Waals surface area contributed by atoms with Crippen molar-refractivity contribution in [1.82, 2.24) is 14.9 Å². The van der Waals surface area contributed by atoms with Gasteiger partial charge in [0.25, 0.3) is 0 Å². The first-order valence-corrected chi connectivity index (χ1v) is 9.55. The van der Waals surface area contributed by atoms with Gasteiger partial charge >= 0.3 is 5.69 Å². The molecule has 9 nitrogen and oxygen atoms in total. The Morgan fingerprint density at radius 3 is 2.71 bits per heavy atom. The fourth-order valence-corrected chi connectivity index (χ4v) is 3.16. The third-order valence-corrected chi connectivity index (χ3v) is 4.80. The zero-order valence-electron chi connectivity index (χ0n) is 15.0. The average Bonchev–Trinajstić information content (AvgIpc) is 2.69. The average molecular weight is 427 g/mol. The van der Waals surface area contributed by atoms with Crippen LogP contribution >= 0.6 is 23.2 Å². The smallest absolute Gasteiger partial charge is 0.353 e. The van der Waals surface area contributed by atoms with Crippen molar-refractivity contribution in [2.75, 3.05) is 50.0 Å². The summed E-state index contributed by atoms with van der Waals surface area (Å²) in [5, 5.41) is 18.4. The van der Waals surface area contributed by atoms with Crippen LogP contribution in [0.1, 0.15) is 6.42 Å². The third-order valence-electron chi connectivity index (χ3n) is 4.23. The lowest BCUT2D eigenvalue weighted by Crippen LogP contribution is -2.37. The summed E-state index contributed by atoms with van der Waals surface area (Å²) < 4.78 is 5.32. The number of hydrogen-bond acceptors (Lipinski definition) is 8. The minimum atomic E-state index is -0.523. The Labute approximate surface area is 172 Å². The van der Waals surface area contributed by atoms with Crippen LogP contribution in [-0.2, 0) is 4.74 Å². The number of nitrogens with one attached hydrogen (secondary N) is 2. The fourth-order valence-electron chi connectivity index (χ4n) is 2.83. The normalized spacial score (nSPS) is 14.6. The van der Waals surface area contributed by atoms with Gasteiger partial charge in [-0.1, -0.05) is 23.2 Å². The quantitative estimate of drug-likeness (QED) is 0.374. The molecule has 0 aliphatic carbocycles. The van der Waals surface area contributed by atoms with Crippen LogP contribution in [0.3, 0.4) is 0 Å². The number of aromatic nitrogens is 2. The molecule has 3 rings (SSSR count). The molecule has 2 aromatic rings. The van der Waals surface area contributed by atoms with E-state index in [1.54, 1.807) is 18.2 Å². The van der Waals surface area contributed by atoms with E-state index in [1.807, 2.05) is 0 Å². The second-order valence-electron chi connectivity index (χ2n) is 6.16. The van der Waals surface area contributed by atoms with Gasteiger partial charge in [0.1, 0.15) is 6.33 Å². The van der Waals surface area contributed by atoms with E-state index in [1.165, 1.54) is 6.33 Å². The number of morpholine rings is 1.